The van der Waals surface area contributed by atoms with E-state index in [1.807, 2.05) is 145 Å². The molecular formula is C69H91N11O11. The van der Waals surface area contributed by atoms with Gasteiger partial charge in [-0.25, -0.2) is 14.4 Å². The summed E-state index contributed by atoms with van der Waals surface area (Å²) in [6, 6.07) is 22.5. The minimum Gasteiger partial charge on any atom is -0.478 e. The number of nitrogens with two attached hydrogens (primary N) is 1. The summed E-state index contributed by atoms with van der Waals surface area (Å²) in [6.45, 7) is 18.8. The Balaban J connectivity index is 1.03. The average Bonchev–Trinajstić information content (AvgIpc) is 1.66. The summed E-state index contributed by atoms with van der Waals surface area (Å²) in [6.07, 6.45) is 6.88. The van der Waals surface area contributed by atoms with Crippen LogP contribution in [0, 0.1) is 17.3 Å². The number of likely N-dealkylation sites (N-methyl/N-ethyl adjacent to an activating group) is 2. The SMILES string of the molecule is CNC(C(=O)N[C@H](C(=O)N(C)[C@H](/C=C(\C)C(=O)O)C(C)C)C(C)(C)C)C(C)(C)c1cn(C)c2cc(CNC(=O)OCc3ccc(NC(=O)[C@H](CCCNC(N)=O)NC(=O)[C@@H](NC(=O)CCC(=O)N4Cc5ccccc5/C=C\c5ccccc54)C(C)C)cc3)ccc12. The van der Waals surface area contributed by atoms with Gasteiger partial charge in [0.25, 0.3) is 0 Å². The van der Waals surface area contributed by atoms with E-state index >= 15 is 0 Å². The first-order chi connectivity index (χ1) is 42.9. The van der Waals surface area contributed by atoms with Crippen LogP contribution in [-0.2, 0) is 70.5 Å². The number of aromatic nitrogens is 1. The highest BCUT2D eigenvalue weighted by Crippen LogP contribution is 2.36. The number of amides is 9. The summed E-state index contributed by atoms with van der Waals surface area (Å²) in [7, 11) is 5.22. The van der Waals surface area contributed by atoms with Crippen molar-refractivity contribution in [1.82, 2.24) is 41.4 Å². The molecule has 9 amide bonds. The number of primary amides is 1. The number of nitrogens with one attached hydrogen (secondary N) is 7. The van der Waals surface area contributed by atoms with Gasteiger partial charge in [-0.05, 0) is 102 Å². The van der Waals surface area contributed by atoms with Gasteiger partial charge in [0.15, 0.2) is 0 Å². The number of ether oxygens (including phenoxy) is 1. The molecule has 0 aliphatic carbocycles. The van der Waals surface area contributed by atoms with Crippen molar-refractivity contribution in [2.24, 2.45) is 30.0 Å². The lowest BCUT2D eigenvalue weighted by Gasteiger charge is -2.39. The number of rotatable bonds is 27. The molecule has 22 heteroatoms. The molecule has 0 saturated carbocycles. The molecule has 22 nitrogen and oxygen atoms in total. The van der Waals surface area contributed by atoms with Crippen molar-refractivity contribution in [3.05, 3.63) is 142 Å². The number of hydrogen-bond acceptors (Lipinski definition) is 11. The highest BCUT2D eigenvalue weighted by molar-refractivity contribution is 6.01. The van der Waals surface area contributed by atoms with E-state index in [1.54, 1.807) is 63.2 Å². The molecule has 5 atom stereocenters. The third-order valence-corrected chi connectivity index (χ3v) is 16.5. The van der Waals surface area contributed by atoms with Crippen molar-refractivity contribution in [1.29, 1.82) is 0 Å². The van der Waals surface area contributed by atoms with Crippen molar-refractivity contribution < 1.29 is 53.0 Å². The minimum atomic E-state index is -1.11. The number of carboxylic acids is 1. The fraction of sp³-hybridized carbons (Fsp3) is 0.435. The van der Waals surface area contributed by atoms with Crippen LogP contribution in [0.15, 0.2) is 109 Å². The van der Waals surface area contributed by atoms with Crippen molar-refractivity contribution in [2.75, 3.05) is 30.9 Å². The van der Waals surface area contributed by atoms with Crippen LogP contribution < -0.4 is 47.9 Å². The molecule has 91 heavy (non-hydrogen) atoms. The number of alkyl carbamates (subject to hydrolysis) is 1. The molecule has 1 aliphatic heterocycles. The molecule has 1 aromatic heterocycles. The molecule has 4 aromatic carbocycles. The number of fused-ring (bicyclic) bond motifs is 3. The Morgan fingerprint density at radius 3 is 2.04 bits per heavy atom. The first kappa shape index (κ1) is 70.8. The molecule has 488 valence electrons. The smallest absolute Gasteiger partial charge is 0.407 e. The van der Waals surface area contributed by atoms with E-state index in [9.17, 15) is 48.3 Å². The molecule has 10 N–H and O–H groups in total. The Kier molecular flexibility index (Phi) is 24.4. The van der Waals surface area contributed by atoms with Crippen LogP contribution in [0.3, 0.4) is 0 Å². The van der Waals surface area contributed by atoms with Gasteiger partial charge in [-0.1, -0.05) is 147 Å². The standard InChI is InChI=1S/C69H91N11O11/c1-41(2)54(35-43(5)65(87)88)79(13)64(86)60(68(6,7)8)77-63(85)59(71-11)69(9,10)51-39-78(12)55-36-45(26-31-50(51)55)37-73-67(90)91-40-44-24-29-49(30-25-44)74-61(83)52(22-18-34-72-66(70)89)75-62(84)58(42(3)4)76-56(81)32-33-57(82)80-38-48-21-15-14-19-46(48)27-28-47-20-16-17-23-53(47)80/h14-17,19-21,23-31,35-36,39,41-42,52,54,58-60,71H,18,22,32-34,37-38,40H2,1-13H3,(H,73,90)(H,74,83)(H,75,84)(H,76,81)(H,77,85)(H,87,88)(H3,70,72,89)/b28-27-,43-35+/t52-,54+,58-,59?,60+/m0/s1. The van der Waals surface area contributed by atoms with Gasteiger partial charge >= 0.3 is 18.1 Å². The normalized spacial score (nSPS) is 14.5. The third kappa shape index (κ3) is 18.9. The van der Waals surface area contributed by atoms with Gasteiger partial charge in [0, 0.05) is 73.8 Å². The number of carbonyl (C=O) groups is 9. The summed E-state index contributed by atoms with van der Waals surface area (Å²) in [5.41, 5.74) is 10.9. The molecule has 2 heterocycles. The van der Waals surface area contributed by atoms with Crippen molar-refractivity contribution in [3.8, 4) is 0 Å². The van der Waals surface area contributed by atoms with Crippen LogP contribution in [0.25, 0.3) is 23.1 Å². The van der Waals surface area contributed by atoms with Crippen LogP contribution in [0.1, 0.15) is 128 Å². The Hall–Kier alpha value is -9.31. The summed E-state index contributed by atoms with van der Waals surface area (Å²) in [5.74, 6) is -4.29. The zero-order chi connectivity index (χ0) is 67.1. The summed E-state index contributed by atoms with van der Waals surface area (Å²) < 4.78 is 7.50. The van der Waals surface area contributed by atoms with Gasteiger partial charge in [-0.3, -0.25) is 28.8 Å². The number of hydrogen-bond donors (Lipinski definition) is 9. The summed E-state index contributed by atoms with van der Waals surface area (Å²) >= 11 is 0. The number of urea groups is 1. The van der Waals surface area contributed by atoms with Gasteiger partial charge in [-0.15, -0.1) is 0 Å². The largest absolute Gasteiger partial charge is 0.478 e. The van der Waals surface area contributed by atoms with E-state index in [1.165, 1.54) is 11.8 Å². The van der Waals surface area contributed by atoms with E-state index in [4.69, 9.17) is 10.5 Å². The predicted octanol–water partition coefficient (Wildman–Crippen LogP) is 8.03. The zero-order valence-electron chi connectivity index (χ0n) is 54.6. The zero-order valence-corrected chi connectivity index (χ0v) is 54.6. The number of aliphatic carboxylic acids is 1. The predicted molar refractivity (Wildman–Crippen MR) is 353 cm³/mol. The molecular weight excluding hydrogens is 1160 g/mol. The molecule has 0 fully saturated rings. The topological polar surface area (TPSA) is 305 Å². The number of aryl methyl sites for hydroxylation is 1. The Labute approximate surface area is 533 Å². The quantitative estimate of drug-likeness (QED) is 0.0178. The van der Waals surface area contributed by atoms with E-state index in [0.29, 0.717) is 17.8 Å². The van der Waals surface area contributed by atoms with E-state index in [-0.39, 0.29) is 74.6 Å². The fourth-order valence-electron chi connectivity index (χ4n) is 11.2. The van der Waals surface area contributed by atoms with Crippen LogP contribution in [-0.4, -0.2) is 119 Å². The highest BCUT2D eigenvalue weighted by atomic mass is 16.5. The van der Waals surface area contributed by atoms with Crippen LogP contribution in [0.4, 0.5) is 21.0 Å². The van der Waals surface area contributed by atoms with Gasteiger partial charge in [0.1, 0.15) is 24.7 Å². The van der Waals surface area contributed by atoms with E-state index in [0.717, 1.165) is 44.4 Å². The maximum Gasteiger partial charge on any atom is 0.407 e. The lowest BCUT2D eigenvalue weighted by atomic mass is 9.76. The number of carbonyl (C=O) groups excluding carboxylic acids is 8. The third-order valence-electron chi connectivity index (χ3n) is 16.5. The molecule has 0 radical (unpaired) electrons. The molecule has 0 saturated heterocycles. The van der Waals surface area contributed by atoms with Gasteiger partial charge in [-0.2, -0.15) is 0 Å². The number of nitrogens with zero attached hydrogens (tertiary/aromatic N) is 3. The second kappa shape index (κ2) is 31.4. The van der Waals surface area contributed by atoms with Crippen molar-refractivity contribution in [3.63, 3.8) is 0 Å². The lowest BCUT2D eigenvalue weighted by molar-refractivity contribution is -0.141. The monoisotopic (exact) mass is 1250 g/mol. The second-order valence-corrected chi connectivity index (χ2v) is 25.6. The molecule has 1 aliphatic rings. The maximum atomic E-state index is 14.4. The van der Waals surface area contributed by atoms with E-state index < -0.39 is 82.8 Å². The first-order valence-corrected chi connectivity index (χ1v) is 30.7. The molecule has 6 rings (SSSR count). The lowest BCUT2D eigenvalue weighted by Crippen LogP contribution is -2.61. The first-order valence-electron chi connectivity index (χ1n) is 30.7. The molecule has 0 bridgehead atoms. The molecule has 5 aromatic rings. The number of carboxylic acid groups (broad SMARTS) is 1. The number of para-hydroxylation sites is 1. The summed E-state index contributed by atoms with van der Waals surface area (Å²) in [5, 5.41) is 30.4. The van der Waals surface area contributed by atoms with Crippen molar-refractivity contribution in [2.45, 2.75) is 150 Å². The Morgan fingerprint density at radius 1 is 0.758 bits per heavy atom. The molecule has 1 unspecified atom stereocenters. The van der Waals surface area contributed by atoms with Gasteiger partial charge < -0.3 is 67.2 Å². The minimum absolute atomic E-state index is 0.0964. The van der Waals surface area contributed by atoms with Crippen molar-refractivity contribution >= 4 is 88.0 Å². The summed E-state index contributed by atoms with van der Waals surface area (Å²) in [4.78, 5) is 123. The van der Waals surface area contributed by atoms with Crippen LogP contribution in [0.5, 0.6) is 0 Å². The van der Waals surface area contributed by atoms with Gasteiger partial charge in [0.2, 0.25) is 35.4 Å². The van der Waals surface area contributed by atoms with Crippen LogP contribution in [0.2, 0.25) is 0 Å². The maximum absolute atomic E-state index is 14.4. The number of anilines is 2. The van der Waals surface area contributed by atoms with E-state index in [2.05, 4.69) is 37.2 Å². The van der Waals surface area contributed by atoms with Gasteiger partial charge in [0.05, 0.1) is 24.3 Å². The Bertz CT molecular complexity index is 3530. The Morgan fingerprint density at radius 2 is 1.41 bits per heavy atom. The fourth-order valence-corrected chi connectivity index (χ4v) is 11.2. The highest BCUT2D eigenvalue weighted by Gasteiger charge is 2.43. The average molecular weight is 1250 g/mol. The molecule has 0 spiro atoms. The second-order valence-electron chi connectivity index (χ2n) is 25.6. The van der Waals surface area contributed by atoms with Crippen LogP contribution >= 0.6 is 0 Å². The number of benzene rings is 4.